The molecular weight excluding hydrogens is 379 g/mol. The number of carbonyl (C=O) groups excluding carboxylic acids is 1. The highest BCUT2D eigenvalue weighted by Gasteiger charge is 2.52. The molecule has 1 fully saturated rings. The first-order valence-electron chi connectivity index (χ1n) is 10.1. The molecule has 0 saturated carbocycles. The summed E-state index contributed by atoms with van der Waals surface area (Å²) in [6.07, 6.45) is 5.36. The fourth-order valence-corrected chi connectivity index (χ4v) is 2.97. The van der Waals surface area contributed by atoms with E-state index >= 15 is 0 Å². The van der Waals surface area contributed by atoms with Gasteiger partial charge in [-0.1, -0.05) is 36.4 Å². The van der Waals surface area contributed by atoms with Gasteiger partial charge in [-0.05, 0) is 50.4 Å². The normalized spacial score (nSPS) is 17.6. The zero-order chi connectivity index (χ0) is 21.8. The van der Waals surface area contributed by atoms with Crippen LogP contribution in [-0.2, 0) is 20.7 Å². The molecule has 1 N–H and O–H groups in total. The van der Waals surface area contributed by atoms with E-state index in [1.807, 2.05) is 70.2 Å². The van der Waals surface area contributed by atoms with E-state index in [0.717, 1.165) is 16.6 Å². The highest BCUT2D eigenvalue weighted by molar-refractivity contribution is 6.56. The summed E-state index contributed by atoms with van der Waals surface area (Å²) in [5.41, 5.74) is 1.81. The molecule has 1 amide bonds. The van der Waals surface area contributed by atoms with Gasteiger partial charge in [0, 0.05) is 19.7 Å². The van der Waals surface area contributed by atoms with Crippen LogP contribution in [0.3, 0.4) is 0 Å². The lowest BCUT2D eigenvalue weighted by Crippen LogP contribution is -2.41. The molecule has 0 atom stereocenters. The molecule has 3 rings (SSSR count). The van der Waals surface area contributed by atoms with Gasteiger partial charge in [0.1, 0.15) is 12.4 Å². The van der Waals surface area contributed by atoms with Crippen molar-refractivity contribution in [3.8, 4) is 5.75 Å². The third-order valence-corrected chi connectivity index (χ3v) is 5.43. The molecule has 158 valence electrons. The maximum atomic E-state index is 11.5. The van der Waals surface area contributed by atoms with E-state index in [1.54, 1.807) is 12.4 Å². The van der Waals surface area contributed by atoms with Crippen molar-refractivity contribution in [3.63, 3.8) is 0 Å². The minimum atomic E-state index is -0.559. The molecule has 1 aliphatic rings. The third kappa shape index (κ3) is 5.49. The molecule has 1 saturated heterocycles. The largest absolute Gasteiger partial charge is 0.492 e. The SMILES string of the molecule is CC(=O)NCC(=Cc1cncc(OCc2ccccc2)c1)B1OC(C)(C)C(C)(C)O1. The second kappa shape index (κ2) is 9.02. The summed E-state index contributed by atoms with van der Waals surface area (Å²) in [7, 11) is -0.559. The van der Waals surface area contributed by atoms with E-state index < -0.39 is 18.3 Å². The number of hydrogen-bond donors (Lipinski definition) is 1. The molecule has 1 aliphatic heterocycles. The summed E-state index contributed by atoms with van der Waals surface area (Å²) in [5.74, 6) is 0.552. The van der Waals surface area contributed by atoms with E-state index in [2.05, 4.69) is 10.3 Å². The number of hydrogen-bond acceptors (Lipinski definition) is 5. The van der Waals surface area contributed by atoms with Crippen molar-refractivity contribution in [2.75, 3.05) is 6.54 Å². The number of pyridine rings is 1. The van der Waals surface area contributed by atoms with E-state index in [4.69, 9.17) is 14.0 Å². The van der Waals surface area contributed by atoms with Crippen LogP contribution in [0.4, 0.5) is 0 Å². The summed E-state index contributed by atoms with van der Waals surface area (Å²) in [6, 6.07) is 11.9. The Morgan fingerprint density at radius 3 is 2.43 bits per heavy atom. The van der Waals surface area contributed by atoms with E-state index in [9.17, 15) is 4.79 Å². The molecule has 1 aromatic carbocycles. The number of benzene rings is 1. The van der Waals surface area contributed by atoms with Gasteiger partial charge in [0.05, 0.1) is 17.4 Å². The van der Waals surface area contributed by atoms with Crippen molar-refractivity contribution in [2.24, 2.45) is 0 Å². The van der Waals surface area contributed by atoms with Gasteiger partial charge in [-0.25, -0.2) is 0 Å². The van der Waals surface area contributed by atoms with Crippen LogP contribution in [0.15, 0.2) is 54.3 Å². The highest BCUT2D eigenvalue weighted by Crippen LogP contribution is 2.38. The Bertz CT molecular complexity index is 896. The topological polar surface area (TPSA) is 69.7 Å². The fraction of sp³-hybridized carbons (Fsp3) is 0.391. The number of amides is 1. The zero-order valence-corrected chi connectivity index (χ0v) is 18.3. The monoisotopic (exact) mass is 408 g/mol. The van der Waals surface area contributed by atoms with Gasteiger partial charge in [0.2, 0.25) is 5.91 Å². The quantitative estimate of drug-likeness (QED) is 0.706. The summed E-state index contributed by atoms with van der Waals surface area (Å²) < 4.78 is 18.2. The Balaban J connectivity index is 1.79. The van der Waals surface area contributed by atoms with Crippen molar-refractivity contribution >= 4 is 19.1 Å². The van der Waals surface area contributed by atoms with Crippen LogP contribution in [0.2, 0.25) is 0 Å². The molecule has 0 spiro atoms. The fourth-order valence-electron chi connectivity index (χ4n) is 2.97. The summed E-state index contributed by atoms with van der Waals surface area (Å²) in [5, 5.41) is 2.84. The number of nitrogens with zero attached hydrogens (tertiary/aromatic N) is 1. The summed E-state index contributed by atoms with van der Waals surface area (Å²) >= 11 is 0. The molecule has 6 nitrogen and oxygen atoms in total. The van der Waals surface area contributed by atoms with Crippen LogP contribution in [0.5, 0.6) is 5.75 Å². The standard InChI is InChI=1S/C23H29BN2O4/c1-17(27)26-14-20(24-29-22(2,3)23(4,5)30-24)11-19-12-21(15-25-13-19)28-16-18-9-7-6-8-10-18/h6-13,15H,14,16H2,1-5H3,(H,26,27). The van der Waals surface area contributed by atoms with Gasteiger partial charge >= 0.3 is 7.12 Å². The Morgan fingerprint density at radius 2 is 1.80 bits per heavy atom. The molecular formula is C23H29BN2O4. The van der Waals surface area contributed by atoms with Gasteiger partial charge in [-0.3, -0.25) is 9.78 Å². The lowest BCUT2D eigenvalue weighted by molar-refractivity contribution is -0.118. The molecule has 0 aliphatic carbocycles. The number of aromatic nitrogens is 1. The predicted octanol–water partition coefficient (Wildman–Crippen LogP) is 3.81. The number of rotatable bonds is 7. The van der Waals surface area contributed by atoms with E-state index in [0.29, 0.717) is 18.9 Å². The van der Waals surface area contributed by atoms with Crippen molar-refractivity contribution in [2.45, 2.75) is 52.4 Å². The van der Waals surface area contributed by atoms with Gasteiger partial charge in [-0.15, -0.1) is 0 Å². The summed E-state index contributed by atoms with van der Waals surface area (Å²) in [6.45, 7) is 10.3. The minimum absolute atomic E-state index is 0.115. The Kier molecular flexibility index (Phi) is 6.63. The Hall–Kier alpha value is -2.64. The Labute approximate surface area is 178 Å². The van der Waals surface area contributed by atoms with Gasteiger partial charge < -0.3 is 19.4 Å². The Morgan fingerprint density at radius 1 is 1.13 bits per heavy atom. The lowest BCUT2D eigenvalue weighted by Gasteiger charge is -2.32. The van der Waals surface area contributed by atoms with Crippen LogP contribution in [-0.4, -0.2) is 35.8 Å². The van der Waals surface area contributed by atoms with Crippen LogP contribution in [0.25, 0.3) is 6.08 Å². The molecule has 30 heavy (non-hydrogen) atoms. The average Bonchev–Trinajstić information content (AvgIpc) is 2.91. The maximum Gasteiger partial charge on any atom is 0.492 e. The van der Waals surface area contributed by atoms with Gasteiger partial charge in [-0.2, -0.15) is 0 Å². The van der Waals surface area contributed by atoms with Gasteiger partial charge in [0.15, 0.2) is 0 Å². The molecule has 0 radical (unpaired) electrons. The zero-order valence-electron chi connectivity index (χ0n) is 18.3. The molecule has 2 heterocycles. The minimum Gasteiger partial charge on any atom is -0.487 e. The van der Waals surface area contributed by atoms with Crippen molar-refractivity contribution in [1.82, 2.24) is 10.3 Å². The first-order valence-corrected chi connectivity index (χ1v) is 10.1. The second-order valence-electron chi connectivity index (χ2n) is 8.45. The molecule has 7 heteroatoms. The summed E-state index contributed by atoms with van der Waals surface area (Å²) in [4.78, 5) is 15.8. The van der Waals surface area contributed by atoms with Crippen molar-refractivity contribution in [3.05, 3.63) is 65.4 Å². The molecule has 2 aromatic rings. The maximum absolute atomic E-state index is 11.5. The predicted molar refractivity (Wildman–Crippen MR) is 118 cm³/mol. The van der Waals surface area contributed by atoms with Crippen LogP contribution < -0.4 is 10.1 Å². The average molecular weight is 408 g/mol. The smallest absolute Gasteiger partial charge is 0.487 e. The number of ether oxygens (including phenoxy) is 1. The lowest BCUT2D eigenvalue weighted by atomic mass is 9.77. The van der Waals surface area contributed by atoms with Crippen LogP contribution in [0, 0.1) is 0 Å². The number of nitrogens with one attached hydrogen (secondary N) is 1. The molecule has 1 aromatic heterocycles. The van der Waals surface area contributed by atoms with Crippen molar-refractivity contribution < 1.29 is 18.8 Å². The third-order valence-electron chi connectivity index (χ3n) is 5.43. The second-order valence-corrected chi connectivity index (χ2v) is 8.45. The van der Waals surface area contributed by atoms with Crippen LogP contribution >= 0.6 is 0 Å². The molecule has 0 unspecified atom stereocenters. The van der Waals surface area contributed by atoms with Crippen molar-refractivity contribution in [1.29, 1.82) is 0 Å². The molecule has 0 bridgehead atoms. The number of carbonyl (C=O) groups is 1. The van der Waals surface area contributed by atoms with E-state index in [-0.39, 0.29) is 5.91 Å². The first-order chi connectivity index (χ1) is 14.2. The highest BCUT2D eigenvalue weighted by atomic mass is 16.7. The van der Waals surface area contributed by atoms with E-state index in [1.165, 1.54) is 6.92 Å². The van der Waals surface area contributed by atoms with Gasteiger partial charge in [0.25, 0.3) is 0 Å². The first kappa shape index (κ1) is 22.1. The van der Waals surface area contributed by atoms with Crippen LogP contribution in [0.1, 0.15) is 45.7 Å².